The molecule has 29 heavy (non-hydrogen) atoms. The molecule has 1 amide bonds. The molecule has 1 N–H and O–H groups in total. The Balaban J connectivity index is 1.65. The van der Waals surface area contributed by atoms with E-state index < -0.39 is 0 Å². The van der Waals surface area contributed by atoms with E-state index in [0.717, 1.165) is 16.8 Å². The Morgan fingerprint density at radius 3 is 2.62 bits per heavy atom. The fourth-order valence-corrected chi connectivity index (χ4v) is 3.02. The number of amides is 1. The van der Waals surface area contributed by atoms with Crippen LogP contribution >= 0.6 is 0 Å². The molecule has 0 aliphatic rings. The Hall–Kier alpha value is -3.93. The predicted molar refractivity (Wildman–Crippen MR) is 112 cm³/mol. The first-order valence-corrected chi connectivity index (χ1v) is 9.21. The molecule has 0 aliphatic carbocycles. The number of ether oxygens (including phenoxy) is 1. The van der Waals surface area contributed by atoms with Gasteiger partial charge in [0, 0.05) is 25.0 Å². The third-order valence-corrected chi connectivity index (χ3v) is 4.50. The van der Waals surface area contributed by atoms with Gasteiger partial charge in [-0.1, -0.05) is 30.3 Å². The SMILES string of the molecule is Cn1nccc1-c1ccc(OCc2ccccc2)c(C(=O)Nc2cccnc2)c1. The van der Waals surface area contributed by atoms with Gasteiger partial charge in [0.2, 0.25) is 0 Å². The van der Waals surface area contributed by atoms with Gasteiger partial charge in [0.1, 0.15) is 12.4 Å². The fraction of sp³-hybridized carbons (Fsp3) is 0.0870. The lowest BCUT2D eigenvalue weighted by molar-refractivity contribution is 0.102. The Bertz CT molecular complexity index is 1110. The summed E-state index contributed by atoms with van der Waals surface area (Å²) in [6.45, 7) is 0.374. The van der Waals surface area contributed by atoms with E-state index in [1.165, 1.54) is 0 Å². The van der Waals surface area contributed by atoms with Crippen LogP contribution in [0.2, 0.25) is 0 Å². The van der Waals surface area contributed by atoms with E-state index in [9.17, 15) is 4.79 Å². The van der Waals surface area contributed by atoms with Crippen molar-refractivity contribution in [3.05, 3.63) is 96.4 Å². The van der Waals surface area contributed by atoms with Crippen molar-refractivity contribution in [1.82, 2.24) is 14.8 Å². The second-order valence-electron chi connectivity index (χ2n) is 6.52. The van der Waals surface area contributed by atoms with E-state index in [1.807, 2.05) is 61.6 Å². The van der Waals surface area contributed by atoms with Crippen molar-refractivity contribution in [2.45, 2.75) is 6.61 Å². The van der Waals surface area contributed by atoms with Gasteiger partial charge in [0.15, 0.2) is 0 Å². The van der Waals surface area contributed by atoms with Crippen LogP contribution in [0.25, 0.3) is 11.3 Å². The molecule has 6 heteroatoms. The first-order valence-electron chi connectivity index (χ1n) is 9.21. The number of nitrogens with zero attached hydrogens (tertiary/aromatic N) is 3. The molecule has 2 aromatic heterocycles. The minimum atomic E-state index is -0.259. The van der Waals surface area contributed by atoms with Crippen LogP contribution in [-0.2, 0) is 13.7 Å². The highest BCUT2D eigenvalue weighted by atomic mass is 16.5. The maximum atomic E-state index is 13.0. The summed E-state index contributed by atoms with van der Waals surface area (Å²) in [4.78, 5) is 17.1. The summed E-state index contributed by atoms with van der Waals surface area (Å²) >= 11 is 0. The summed E-state index contributed by atoms with van der Waals surface area (Å²) in [6, 6.07) is 20.9. The largest absolute Gasteiger partial charge is 0.488 e. The van der Waals surface area contributed by atoms with Gasteiger partial charge in [-0.05, 0) is 42.0 Å². The van der Waals surface area contributed by atoms with Crippen molar-refractivity contribution in [3.63, 3.8) is 0 Å². The Morgan fingerprint density at radius 2 is 1.90 bits per heavy atom. The van der Waals surface area contributed by atoms with Gasteiger partial charge >= 0.3 is 0 Å². The number of carbonyl (C=O) groups excluding carboxylic acids is 1. The number of hydrogen-bond acceptors (Lipinski definition) is 4. The molecule has 2 heterocycles. The van der Waals surface area contributed by atoms with E-state index in [-0.39, 0.29) is 5.91 Å². The average molecular weight is 384 g/mol. The molecular weight excluding hydrogens is 364 g/mol. The molecule has 0 spiro atoms. The fourth-order valence-electron chi connectivity index (χ4n) is 3.02. The van der Waals surface area contributed by atoms with Gasteiger partial charge in [-0.15, -0.1) is 0 Å². The monoisotopic (exact) mass is 384 g/mol. The van der Waals surface area contributed by atoms with Gasteiger partial charge in [-0.25, -0.2) is 0 Å². The van der Waals surface area contributed by atoms with Crippen molar-refractivity contribution in [3.8, 4) is 17.0 Å². The first kappa shape index (κ1) is 18.4. The molecule has 0 fully saturated rings. The standard InChI is InChI=1S/C23H20N4O2/c1-27-21(11-13-25-27)18-9-10-22(29-16-17-6-3-2-4-7-17)20(14-18)23(28)26-19-8-5-12-24-15-19/h2-15H,16H2,1H3,(H,26,28). The number of pyridine rings is 1. The molecular formula is C23H20N4O2. The molecule has 0 bridgehead atoms. The number of aromatic nitrogens is 3. The van der Waals surface area contributed by atoms with Gasteiger partial charge < -0.3 is 10.1 Å². The zero-order valence-electron chi connectivity index (χ0n) is 15.9. The molecule has 0 saturated heterocycles. The maximum absolute atomic E-state index is 13.0. The first-order chi connectivity index (χ1) is 14.2. The van der Waals surface area contributed by atoms with Crippen LogP contribution in [0.15, 0.2) is 85.3 Å². The Morgan fingerprint density at radius 1 is 1.03 bits per heavy atom. The number of rotatable bonds is 6. The topological polar surface area (TPSA) is 69.0 Å². The van der Waals surface area contributed by atoms with Crippen LogP contribution in [-0.4, -0.2) is 20.7 Å². The molecule has 4 rings (SSSR count). The highest BCUT2D eigenvalue weighted by Crippen LogP contribution is 2.28. The zero-order chi connectivity index (χ0) is 20.1. The minimum Gasteiger partial charge on any atom is -0.488 e. The molecule has 0 aliphatic heterocycles. The van der Waals surface area contributed by atoms with Gasteiger partial charge in [-0.2, -0.15) is 5.10 Å². The molecule has 0 unspecified atom stereocenters. The maximum Gasteiger partial charge on any atom is 0.259 e. The summed E-state index contributed by atoms with van der Waals surface area (Å²) in [6.07, 6.45) is 4.99. The number of anilines is 1. The predicted octanol–water partition coefficient (Wildman–Crippen LogP) is 4.31. The van der Waals surface area contributed by atoms with Crippen LogP contribution in [0.5, 0.6) is 5.75 Å². The van der Waals surface area contributed by atoms with E-state index in [1.54, 1.807) is 35.4 Å². The van der Waals surface area contributed by atoms with Crippen molar-refractivity contribution >= 4 is 11.6 Å². The van der Waals surface area contributed by atoms with E-state index >= 15 is 0 Å². The lowest BCUT2D eigenvalue weighted by Gasteiger charge is -2.14. The van der Waals surface area contributed by atoms with E-state index in [2.05, 4.69) is 15.4 Å². The van der Waals surface area contributed by atoms with Crippen LogP contribution < -0.4 is 10.1 Å². The van der Waals surface area contributed by atoms with Gasteiger partial charge in [-0.3, -0.25) is 14.5 Å². The highest BCUT2D eigenvalue weighted by molar-refractivity contribution is 6.06. The lowest BCUT2D eigenvalue weighted by atomic mass is 10.1. The molecule has 144 valence electrons. The summed E-state index contributed by atoms with van der Waals surface area (Å²) in [5, 5.41) is 7.09. The van der Waals surface area contributed by atoms with E-state index in [0.29, 0.717) is 23.6 Å². The second kappa shape index (κ2) is 8.39. The molecule has 4 aromatic rings. The Kier molecular flexibility index (Phi) is 5.33. The highest BCUT2D eigenvalue weighted by Gasteiger charge is 2.16. The second-order valence-corrected chi connectivity index (χ2v) is 6.52. The van der Waals surface area contributed by atoms with Crippen molar-refractivity contribution < 1.29 is 9.53 Å². The quantitative estimate of drug-likeness (QED) is 0.538. The molecule has 0 atom stereocenters. The van der Waals surface area contributed by atoms with Crippen LogP contribution in [0, 0.1) is 0 Å². The van der Waals surface area contributed by atoms with Gasteiger partial charge in [0.05, 0.1) is 23.1 Å². The van der Waals surface area contributed by atoms with Crippen LogP contribution in [0.3, 0.4) is 0 Å². The zero-order valence-corrected chi connectivity index (χ0v) is 15.9. The number of hydrogen-bond donors (Lipinski definition) is 1. The third kappa shape index (κ3) is 4.32. The lowest BCUT2D eigenvalue weighted by Crippen LogP contribution is -2.14. The molecule has 0 saturated carbocycles. The molecule has 0 radical (unpaired) electrons. The van der Waals surface area contributed by atoms with E-state index in [4.69, 9.17) is 4.74 Å². The van der Waals surface area contributed by atoms with Gasteiger partial charge in [0.25, 0.3) is 5.91 Å². The number of carbonyl (C=O) groups is 1. The molecule has 6 nitrogen and oxygen atoms in total. The summed E-state index contributed by atoms with van der Waals surface area (Å²) in [5.41, 5.74) is 3.89. The number of nitrogens with one attached hydrogen (secondary N) is 1. The third-order valence-electron chi connectivity index (χ3n) is 4.50. The Labute approximate surface area is 168 Å². The van der Waals surface area contributed by atoms with Crippen molar-refractivity contribution in [2.75, 3.05) is 5.32 Å². The molecule has 2 aromatic carbocycles. The van der Waals surface area contributed by atoms with Crippen molar-refractivity contribution in [2.24, 2.45) is 7.05 Å². The summed E-state index contributed by atoms with van der Waals surface area (Å²) < 4.78 is 7.75. The normalized spacial score (nSPS) is 10.5. The average Bonchev–Trinajstić information content (AvgIpc) is 3.19. The minimum absolute atomic E-state index is 0.259. The summed E-state index contributed by atoms with van der Waals surface area (Å²) in [7, 11) is 1.87. The van der Waals surface area contributed by atoms with Crippen LogP contribution in [0.4, 0.5) is 5.69 Å². The number of aryl methyl sites for hydroxylation is 1. The number of benzene rings is 2. The smallest absolute Gasteiger partial charge is 0.259 e. The van der Waals surface area contributed by atoms with Crippen LogP contribution in [0.1, 0.15) is 15.9 Å². The van der Waals surface area contributed by atoms with Crippen molar-refractivity contribution in [1.29, 1.82) is 0 Å². The summed E-state index contributed by atoms with van der Waals surface area (Å²) in [5.74, 6) is 0.256.